The van der Waals surface area contributed by atoms with Gasteiger partial charge in [0.1, 0.15) is 6.04 Å². The van der Waals surface area contributed by atoms with Crippen molar-refractivity contribution in [3.63, 3.8) is 0 Å². The molecule has 20 heavy (non-hydrogen) atoms. The first-order chi connectivity index (χ1) is 9.71. The van der Waals surface area contributed by atoms with Crippen molar-refractivity contribution in [3.8, 4) is 17.2 Å². The Morgan fingerprint density at radius 3 is 2.95 bits per heavy atom. The lowest BCUT2D eigenvalue weighted by Crippen LogP contribution is -2.29. The van der Waals surface area contributed by atoms with E-state index in [4.69, 9.17) is 18.9 Å². The number of hydrogen-bond acceptors (Lipinski definition) is 6. The topological polar surface area (TPSA) is 66.0 Å². The highest BCUT2D eigenvalue weighted by molar-refractivity contribution is 5.78. The molecule has 108 valence electrons. The summed E-state index contributed by atoms with van der Waals surface area (Å²) in [6.45, 7) is 4.22. The van der Waals surface area contributed by atoms with E-state index in [1.54, 1.807) is 18.2 Å². The molecule has 1 aliphatic heterocycles. The molecule has 0 aliphatic carbocycles. The first-order valence-electron chi connectivity index (χ1n) is 6.11. The molecule has 2 rings (SSSR count). The number of hydrogen-bond donors (Lipinski definition) is 1. The molecule has 6 heteroatoms. The molecule has 0 saturated carbocycles. The quantitative estimate of drug-likeness (QED) is 0.627. The number of benzene rings is 1. The molecule has 6 nitrogen and oxygen atoms in total. The van der Waals surface area contributed by atoms with Gasteiger partial charge in [0, 0.05) is 6.54 Å². The molecule has 1 unspecified atom stereocenters. The third-order valence-electron chi connectivity index (χ3n) is 2.92. The molecule has 1 aliphatic rings. The number of nitrogens with one attached hydrogen (secondary N) is 1. The lowest BCUT2D eigenvalue weighted by Gasteiger charge is -2.17. The van der Waals surface area contributed by atoms with Gasteiger partial charge in [-0.15, -0.1) is 6.58 Å². The Morgan fingerprint density at radius 2 is 2.30 bits per heavy atom. The van der Waals surface area contributed by atoms with Crippen molar-refractivity contribution in [2.75, 3.05) is 27.6 Å². The summed E-state index contributed by atoms with van der Waals surface area (Å²) < 4.78 is 20.7. The van der Waals surface area contributed by atoms with Crippen molar-refractivity contribution in [3.05, 3.63) is 30.4 Å². The maximum atomic E-state index is 11.9. The summed E-state index contributed by atoms with van der Waals surface area (Å²) in [5.74, 6) is 1.22. The Labute approximate surface area is 117 Å². The zero-order chi connectivity index (χ0) is 14.5. The SMILES string of the molecule is C=CCNC(C(=O)OC)c1cc(OC)c2c(c1)OCO2. The third-order valence-corrected chi connectivity index (χ3v) is 2.92. The second kappa shape index (κ2) is 6.29. The van der Waals surface area contributed by atoms with Crippen LogP contribution in [0.2, 0.25) is 0 Å². The Morgan fingerprint density at radius 1 is 1.50 bits per heavy atom. The molecular weight excluding hydrogens is 262 g/mol. The van der Waals surface area contributed by atoms with E-state index in [1.807, 2.05) is 0 Å². The molecular formula is C14H17NO5. The molecule has 0 saturated heterocycles. The summed E-state index contributed by atoms with van der Waals surface area (Å²) >= 11 is 0. The highest BCUT2D eigenvalue weighted by Gasteiger charge is 2.26. The molecule has 0 radical (unpaired) electrons. The number of carbonyl (C=O) groups excluding carboxylic acids is 1. The van der Waals surface area contributed by atoms with E-state index in [0.717, 1.165) is 0 Å². The average Bonchev–Trinajstić information content (AvgIpc) is 2.94. The largest absolute Gasteiger partial charge is 0.493 e. The van der Waals surface area contributed by atoms with Crippen LogP contribution < -0.4 is 19.5 Å². The zero-order valence-electron chi connectivity index (χ0n) is 11.5. The molecule has 0 aromatic heterocycles. The summed E-state index contributed by atoms with van der Waals surface area (Å²) in [6.07, 6.45) is 1.67. The van der Waals surface area contributed by atoms with E-state index in [1.165, 1.54) is 14.2 Å². The fraction of sp³-hybridized carbons (Fsp3) is 0.357. The van der Waals surface area contributed by atoms with E-state index in [0.29, 0.717) is 29.4 Å². The van der Waals surface area contributed by atoms with Gasteiger partial charge in [-0.2, -0.15) is 0 Å². The van der Waals surface area contributed by atoms with Crippen molar-refractivity contribution in [2.45, 2.75) is 6.04 Å². The fourth-order valence-corrected chi connectivity index (χ4v) is 1.97. The van der Waals surface area contributed by atoms with Crippen LogP contribution >= 0.6 is 0 Å². The molecule has 1 aromatic carbocycles. The minimum Gasteiger partial charge on any atom is -0.493 e. The number of carbonyl (C=O) groups is 1. The van der Waals surface area contributed by atoms with Crippen LogP contribution in [0.4, 0.5) is 0 Å². The predicted octanol–water partition coefficient (Wildman–Crippen LogP) is 1.41. The Kier molecular flexibility index (Phi) is 4.47. The van der Waals surface area contributed by atoms with Crippen LogP contribution in [0.15, 0.2) is 24.8 Å². The standard InChI is InChI=1S/C14H17NO5/c1-4-5-15-12(14(16)18-3)9-6-10(17-2)13-11(7-9)19-8-20-13/h4,6-7,12,15H,1,5,8H2,2-3H3. The first kappa shape index (κ1) is 14.2. The molecule has 1 N–H and O–H groups in total. The van der Waals surface area contributed by atoms with Crippen molar-refractivity contribution in [2.24, 2.45) is 0 Å². The second-order valence-electron chi connectivity index (χ2n) is 4.11. The summed E-state index contributed by atoms with van der Waals surface area (Å²) in [6, 6.07) is 2.84. The van der Waals surface area contributed by atoms with Gasteiger partial charge in [0.2, 0.25) is 12.5 Å². The van der Waals surface area contributed by atoms with Crippen LogP contribution in [0.1, 0.15) is 11.6 Å². The maximum Gasteiger partial charge on any atom is 0.327 e. The van der Waals surface area contributed by atoms with Crippen molar-refractivity contribution in [1.82, 2.24) is 5.32 Å². The predicted molar refractivity (Wildman–Crippen MR) is 72.1 cm³/mol. The van der Waals surface area contributed by atoms with Gasteiger partial charge in [-0.25, -0.2) is 4.79 Å². The van der Waals surface area contributed by atoms with Crippen molar-refractivity contribution in [1.29, 1.82) is 0 Å². The molecule has 1 aromatic rings. The molecule has 0 amide bonds. The van der Waals surface area contributed by atoms with E-state index in [-0.39, 0.29) is 6.79 Å². The van der Waals surface area contributed by atoms with E-state index >= 15 is 0 Å². The van der Waals surface area contributed by atoms with Gasteiger partial charge in [0.15, 0.2) is 11.5 Å². The van der Waals surface area contributed by atoms with Crippen LogP contribution in [0.25, 0.3) is 0 Å². The molecule has 1 atom stereocenters. The molecule has 1 heterocycles. The highest BCUT2D eigenvalue weighted by atomic mass is 16.7. The smallest absolute Gasteiger partial charge is 0.327 e. The average molecular weight is 279 g/mol. The second-order valence-corrected chi connectivity index (χ2v) is 4.11. The van der Waals surface area contributed by atoms with Crippen molar-refractivity contribution >= 4 is 5.97 Å². The summed E-state index contributed by atoms with van der Waals surface area (Å²) in [5, 5.41) is 3.03. The zero-order valence-corrected chi connectivity index (χ0v) is 11.5. The van der Waals surface area contributed by atoms with Crippen LogP contribution in [-0.4, -0.2) is 33.5 Å². The molecule has 0 bridgehead atoms. The van der Waals surface area contributed by atoms with Gasteiger partial charge in [0.25, 0.3) is 0 Å². The fourth-order valence-electron chi connectivity index (χ4n) is 1.97. The van der Waals surface area contributed by atoms with Gasteiger partial charge >= 0.3 is 5.97 Å². The molecule has 0 spiro atoms. The maximum absolute atomic E-state index is 11.9. The van der Waals surface area contributed by atoms with E-state index in [9.17, 15) is 4.79 Å². The van der Waals surface area contributed by atoms with E-state index < -0.39 is 12.0 Å². The van der Waals surface area contributed by atoms with Crippen LogP contribution in [0.5, 0.6) is 17.2 Å². The number of fused-ring (bicyclic) bond motifs is 1. The third kappa shape index (κ3) is 2.70. The summed E-state index contributed by atoms with van der Waals surface area (Å²) in [7, 11) is 2.88. The number of esters is 1. The minimum absolute atomic E-state index is 0.137. The minimum atomic E-state index is -0.624. The van der Waals surface area contributed by atoms with Gasteiger partial charge in [0.05, 0.1) is 14.2 Å². The first-order valence-corrected chi connectivity index (χ1v) is 6.11. The van der Waals surface area contributed by atoms with Gasteiger partial charge in [-0.05, 0) is 17.7 Å². The highest BCUT2D eigenvalue weighted by Crippen LogP contribution is 2.43. The Bertz CT molecular complexity index is 515. The number of ether oxygens (including phenoxy) is 4. The Balaban J connectivity index is 2.37. The number of methoxy groups -OCH3 is 2. The van der Waals surface area contributed by atoms with Gasteiger partial charge in [-0.1, -0.05) is 6.08 Å². The van der Waals surface area contributed by atoms with Crippen LogP contribution in [0.3, 0.4) is 0 Å². The lowest BCUT2D eigenvalue weighted by atomic mass is 10.1. The Hall–Kier alpha value is -2.21. The normalized spacial score (nSPS) is 13.7. The van der Waals surface area contributed by atoms with Crippen LogP contribution in [0, 0.1) is 0 Å². The van der Waals surface area contributed by atoms with Gasteiger partial charge in [-0.3, -0.25) is 5.32 Å². The lowest BCUT2D eigenvalue weighted by molar-refractivity contribution is -0.143. The van der Waals surface area contributed by atoms with Gasteiger partial charge < -0.3 is 18.9 Å². The summed E-state index contributed by atoms with van der Waals surface area (Å²) in [4.78, 5) is 11.9. The van der Waals surface area contributed by atoms with Crippen molar-refractivity contribution < 1.29 is 23.7 Å². The number of rotatable bonds is 6. The summed E-state index contributed by atoms with van der Waals surface area (Å²) in [5.41, 5.74) is 0.680. The monoisotopic (exact) mass is 279 g/mol. The van der Waals surface area contributed by atoms with E-state index in [2.05, 4.69) is 11.9 Å². The molecule has 0 fully saturated rings. The van der Waals surface area contributed by atoms with Crippen LogP contribution in [-0.2, 0) is 9.53 Å².